The number of nitrogens with two attached hydrogens (primary N) is 1. The molecule has 3 aromatic rings. The van der Waals surface area contributed by atoms with Crippen LogP contribution in [0.1, 0.15) is 29.7 Å². The van der Waals surface area contributed by atoms with Crippen molar-refractivity contribution in [3.05, 3.63) is 101 Å². The number of hydroxylamine groups is 4. The second-order valence-corrected chi connectivity index (χ2v) is 13.3. The molecule has 0 radical (unpaired) electrons. The third-order valence-corrected chi connectivity index (χ3v) is 11.5. The summed E-state index contributed by atoms with van der Waals surface area (Å²) in [6, 6.07) is 19.7. The van der Waals surface area contributed by atoms with Gasteiger partial charge in [-0.15, -0.1) is 11.8 Å². The zero-order valence-corrected chi connectivity index (χ0v) is 24.5. The molecule has 2 amide bonds. The van der Waals surface area contributed by atoms with Gasteiger partial charge in [0, 0.05) is 48.3 Å². The van der Waals surface area contributed by atoms with Crippen LogP contribution in [0.4, 0.5) is 0 Å². The number of aromatic nitrogens is 3. The highest BCUT2D eigenvalue weighted by Crippen LogP contribution is 2.70. The highest BCUT2D eigenvalue weighted by atomic mass is 32.2. The van der Waals surface area contributed by atoms with Crippen LogP contribution in [0.5, 0.6) is 0 Å². The number of thioether (sulfide) groups is 1. The number of nitrogens with zero attached hydrogens (tertiary/aromatic N) is 4. The molecule has 4 aliphatic rings. The molecule has 3 fully saturated rings. The minimum absolute atomic E-state index is 0.0467. The van der Waals surface area contributed by atoms with Crippen molar-refractivity contribution in [3.8, 4) is 0 Å². The van der Waals surface area contributed by atoms with Crippen molar-refractivity contribution in [1.82, 2.24) is 20.3 Å². The first-order valence-electron chi connectivity index (χ1n) is 14.6. The number of β-lactam (4-membered cyclic amide) rings is 1. The minimum Gasteiger partial charge on any atom is -0.598 e. The Bertz CT molecular complexity index is 1490. The molecule has 0 bridgehead atoms. The van der Waals surface area contributed by atoms with Crippen LogP contribution in [0.15, 0.2) is 78.6 Å². The number of amides is 2. The van der Waals surface area contributed by atoms with E-state index in [9.17, 15) is 20.0 Å². The van der Waals surface area contributed by atoms with Crippen LogP contribution < -0.4 is 5.73 Å². The smallest absolute Gasteiger partial charge is 0.259 e. The van der Waals surface area contributed by atoms with E-state index < -0.39 is 34.2 Å². The van der Waals surface area contributed by atoms with Gasteiger partial charge in [-0.25, -0.2) is 10.0 Å². The van der Waals surface area contributed by atoms with E-state index in [0.717, 1.165) is 16.8 Å². The number of piperidine rings is 1. The van der Waals surface area contributed by atoms with Gasteiger partial charge in [-0.2, -0.15) is 15.4 Å². The van der Waals surface area contributed by atoms with E-state index in [4.69, 9.17) is 10.5 Å². The maximum absolute atomic E-state index is 13.7. The fourth-order valence-electron chi connectivity index (χ4n) is 7.84. The molecule has 43 heavy (non-hydrogen) atoms. The number of primary amides is 1. The van der Waals surface area contributed by atoms with Gasteiger partial charge in [0.1, 0.15) is 18.0 Å². The lowest BCUT2D eigenvalue weighted by Crippen LogP contribution is -2.65. The number of hydrogen-bond acceptors (Lipinski definition) is 8. The molecule has 1 aliphatic carbocycles. The second kappa shape index (κ2) is 10.6. The van der Waals surface area contributed by atoms with Crippen molar-refractivity contribution in [3.63, 3.8) is 0 Å². The van der Waals surface area contributed by atoms with E-state index in [1.807, 2.05) is 36.4 Å². The first-order chi connectivity index (χ1) is 20.8. The topological polar surface area (TPSA) is 157 Å². The van der Waals surface area contributed by atoms with E-state index in [2.05, 4.69) is 39.7 Å². The molecule has 0 spiro atoms. The first-order valence-corrected chi connectivity index (χ1v) is 15.5. The Morgan fingerprint density at radius 1 is 1.21 bits per heavy atom. The Balaban J connectivity index is 1.39. The van der Waals surface area contributed by atoms with Crippen LogP contribution >= 0.6 is 11.8 Å². The number of aromatic amines is 1. The van der Waals surface area contributed by atoms with Crippen LogP contribution in [0.3, 0.4) is 0 Å². The van der Waals surface area contributed by atoms with Crippen LogP contribution in [0, 0.1) is 23.0 Å². The van der Waals surface area contributed by atoms with Crippen LogP contribution in [0.25, 0.3) is 0 Å². The standard InChI is InChI=1S/C31H34N6O5S/c1-42-26-29(39)36-17-22(24-14-18(28(32)38)12-13-37(24,40)41)27(43-30(26)36)25-23(15-21-16-33-35-34-21)31(25,19-8-4-2-5-9-19)20-10-6-3-7-11-20/h2-11,16-18,23-27,30,40H,12-15H2,1H3,(H2,32,38)(H,33,34,35)/t18?,23?,24?,25?,26-,27?,30-/m0/s1. The summed E-state index contributed by atoms with van der Waals surface area (Å²) in [5.41, 5.74) is 9.03. The number of quaternary nitrogens is 1. The number of ether oxygens (including phenoxy) is 1. The predicted octanol–water partition coefficient (Wildman–Crippen LogP) is 2.73. The number of nitrogens with one attached hydrogen (secondary N) is 1. The Morgan fingerprint density at radius 3 is 2.47 bits per heavy atom. The average Bonchev–Trinajstić information content (AvgIpc) is 3.35. The molecule has 3 aliphatic heterocycles. The van der Waals surface area contributed by atoms with Crippen molar-refractivity contribution in [2.75, 3.05) is 13.7 Å². The Labute approximate surface area is 253 Å². The normalized spacial score (nSPS) is 34.6. The summed E-state index contributed by atoms with van der Waals surface area (Å²) in [4.78, 5) is 25.4. The largest absolute Gasteiger partial charge is 0.598 e. The monoisotopic (exact) mass is 602 g/mol. The van der Waals surface area contributed by atoms with Gasteiger partial charge in [0.15, 0.2) is 6.10 Å². The van der Waals surface area contributed by atoms with Gasteiger partial charge in [0.05, 0.1) is 11.9 Å². The molecule has 4 N–H and O–H groups in total. The third kappa shape index (κ3) is 4.42. The number of carbonyl (C=O) groups is 2. The maximum atomic E-state index is 13.7. The van der Waals surface area contributed by atoms with E-state index in [1.54, 1.807) is 29.1 Å². The molecule has 7 rings (SSSR count). The Hall–Kier alpha value is -3.55. The van der Waals surface area contributed by atoms with Crippen LogP contribution in [0.2, 0.25) is 0 Å². The Morgan fingerprint density at radius 2 is 1.88 bits per heavy atom. The fraction of sp³-hybridized carbons (Fsp3) is 0.419. The lowest BCUT2D eigenvalue weighted by molar-refractivity contribution is -1.08. The van der Waals surface area contributed by atoms with E-state index in [1.165, 1.54) is 7.11 Å². The zero-order valence-electron chi connectivity index (χ0n) is 23.7. The predicted molar refractivity (Wildman–Crippen MR) is 158 cm³/mol. The van der Waals surface area contributed by atoms with Gasteiger partial charge in [0.2, 0.25) is 5.91 Å². The van der Waals surface area contributed by atoms with Crippen LogP contribution in [-0.4, -0.2) is 78.6 Å². The molecule has 2 saturated heterocycles. The number of methoxy groups -OCH3 is 1. The summed E-state index contributed by atoms with van der Waals surface area (Å²) < 4.78 is 5.58. The summed E-state index contributed by atoms with van der Waals surface area (Å²) in [7, 11) is 1.53. The molecule has 2 aromatic carbocycles. The van der Waals surface area contributed by atoms with Crippen molar-refractivity contribution in [2.45, 2.75) is 47.4 Å². The molecule has 8 atom stereocenters. The van der Waals surface area contributed by atoms with Crippen molar-refractivity contribution in [1.29, 1.82) is 0 Å². The molecule has 11 nitrogen and oxygen atoms in total. The lowest BCUT2D eigenvalue weighted by atomic mass is 9.81. The van der Waals surface area contributed by atoms with Gasteiger partial charge in [0.25, 0.3) is 5.91 Å². The van der Waals surface area contributed by atoms with E-state index in [0.29, 0.717) is 12.0 Å². The molecular weight excluding hydrogens is 568 g/mol. The number of rotatable bonds is 8. The average molecular weight is 603 g/mol. The van der Waals surface area contributed by atoms with E-state index in [-0.39, 0.29) is 47.8 Å². The summed E-state index contributed by atoms with van der Waals surface area (Å²) in [6.07, 6.45) is 3.84. The number of carbonyl (C=O) groups excluding carboxylic acids is 2. The molecular formula is C31H34N6O5S. The fourth-order valence-corrected chi connectivity index (χ4v) is 9.75. The van der Waals surface area contributed by atoms with E-state index >= 15 is 0 Å². The van der Waals surface area contributed by atoms with Crippen molar-refractivity contribution >= 4 is 23.6 Å². The summed E-state index contributed by atoms with van der Waals surface area (Å²) in [5, 5.41) is 35.5. The molecule has 6 unspecified atom stereocenters. The zero-order chi connectivity index (χ0) is 29.9. The second-order valence-electron chi connectivity index (χ2n) is 12.0. The highest BCUT2D eigenvalue weighted by molar-refractivity contribution is 8.01. The van der Waals surface area contributed by atoms with Gasteiger partial charge in [-0.1, -0.05) is 60.7 Å². The molecule has 1 saturated carbocycles. The van der Waals surface area contributed by atoms with Gasteiger partial charge >= 0.3 is 0 Å². The van der Waals surface area contributed by atoms with Gasteiger partial charge in [-0.05, 0) is 29.4 Å². The maximum Gasteiger partial charge on any atom is 0.259 e. The first kappa shape index (κ1) is 28.2. The third-order valence-electron chi connectivity index (χ3n) is 9.93. The van der Waals surface area contributed by atoms with Crippen molar-refractivity contribution < 1.29 is 24.3 Å². The van der Waals surface area contributed by atoms with Gasteiger partial charge in [-0.3, -0.25) is 9.59 Å². The number of benzene rings is 2. The minimum atomic E-state index is -1.50. The quantitative estimate of drug-likeness (QED) is 0.202. The SMILES string of the molecule is CO[C@H]1C(=O)N2C=C(C3CC(C(N)=O)CC[N+]3([O-])O)C(C3C(Cc4cn[nH]n4)C3(c3ccccc3)c3ccccc3)S[C@@H]12. The summed E-state index contributed by atoms with van der Waals surface area (Å²) >= 11 is 1.60. The molecule has 4 heterocycles. The highest BCUT2D eigenvalue weighted by Gasteiger charge is 2.71. The van der Waals surface area contributed by atoms with Gasteiger partial charge < -0.3 is 20.6 Å². The summed E-state index contributed by atoms with van der Waals surface area (Å²) in [5.74, 6) is -1.21. The van der Waals surface area contributed by atoms with Crippen LogP contribution in [-0.2, 0) is 26.2 Å². The molecule has 12 heteroatoms. The number of H-pyrrole nitrogens is 1. The van der Waals surface area contributed by atoms with Crippen molar-refractivity contribution in [2.24, 2.45) is 23.5 Å². The molecule has 224 valence electrons. The lowest BCUT2D eigenvalue weighted by Gasteiger charge is -2.53. The summed E-state index contributed by atoms with van der Waals surface area (Å²) in [6.45, 7) is -0.152. The molecule has 1 aromatic heterocycles. The number of fused-ring (bicyclic) bond motifs is 1. The Kier molecular flexibility index (Phi) is 6.94. The number of hydrogen-bond donors (Lipinski definition) is 3.